The van der Waals surface area contributed by atoms with Crippen LogP contribution in [0, 0.1) is 0 Å². The minimum Gasteiger partial charge on any atom is -0.507 e. The van der Waals surface area contributed by atoms with E-state index in [-0.39, 0.29) is 23.3 Å². The molecule has 8 heteroatoms. The Morgan fingerprint density at radius 3 is 2.12 bits per heavy atom. The monoisotopic (exact) mass is 543 g/mol. The molecule has 3 heterocycles. The molecule has 0 unspecified atom stereocenters. The molecule has 0 bridgehead atoms. The summed E-state index contributed by atoms with van der Waals surface area (Å²) in [6, 6.07) is 25.9. The van der Waals surface area contributed by atoms with Gasteiger partial charge in [0.15, 0.2) is 5.43 Å². The Morgan fingerprint density at radius 2 is 1.46 bits per heavy atom. The van der Waals surface area contributed by atoms with Crippen LogP contribution in [-0.4, -0.2) is 31.1 Å². The van der Waals surface area contributed by atoms with Gasteiger partial charge in [-0.25, -0.2) is 4.79 Å². The van der Waals surface area contributed by atoms with Crippen LogP contribution in [-0.2, 0) is 19.6 Å². The van der Waals surface area contributed by atoms with Gasteiger partial charge in [0.1, 0.15) is 17.1 Å². The molecule has 2 aliphatic rings. The third-order valence-electron chi connectivity index (χ3n) is 6.97. The van der Waals surface area contributed by atoms with Crippen molar-refractivity contribution >= 4 is 16.9 Å². The summed E-state index contributed by atoms with van der Waals surface area (Å²) >= 11 is 0. The smallest absolute Gasteiger partial charge is 0.336 e. The number of benzene rings is 3. The van der Waals surface area contributed by atoms with Crippen molar-refractivity contribution in [3.8, 4) is 28.2 Å². The van der Waals surface area contributed by atoms with E-state index in [0.29, 0.717) is 52.1 Å². The number of phenolic OH excluding ortho intramolecular Hbond substituents is 1. The Morgan fingerprint density at radius 1 is 0.780 bits per heavy atom. The lowest BCUT2D eigenvalue weighted by molar-refractivity contribution is 0.0697. The van der Waals surface area contributed by atoms with E-state index >= 15 is 0 Å². The van der Waals surface area contributed by atoms with E-state index in [9.17, 15) is 19.8 Å². The number of pyridine rings is 2. The van der Waals surface area contributed by atoms with Gasteiger partial charge in [0.05, 0.1) is 22.5 Å². The summed E-state index contributed by atoms with van der Waals surface area (Å²) in [7, 11) is 0. The van der Waals surface area contributed by atoms with Crippen LogP contribution in [0.2, 0.25) is 0 Å². The number of carbonyl (C=O) groups is 1. The standard InChI is InChI=1S/C33H25N3O5/c37-23-11-12-26-30(17-23)41-32-27(31(26)24-9-1-2-10-25(24)33(39)40)13-14-29(38)28(32)20-36(18-21-7-3-5-15-34-21)19-22-8-4-6-16-35-22/h1-17,38H,18-20H2,(H,39,40). The fourth-order valence-electron chi connectivity index (χ4n) is 5.14. The fraction of sp³-hybridized carbons (Fsp3) is 0.0909. The van der Waals surface area contributed by atoms with Crippen LogP contribution >= 0.6 is 0 Å². The molecule has 1 aliphatic carbocycles. The van der Waals surface area contributed by atoms with E-state index in [1.54, 1.807) is 54.9 Å². The minimum atomic E-state index is -1.07. The molecule has 2 aromatic heterocycles. The summed E-state index contributed by atoms with van der Waals surface area (Å²) in [5, 5.41) is 21.7. The molecule has 0 fully saturated rings. The van der Waals surface area contributed by atoms with Gasteiger partial charge < -0.3 is 14.6 Å². The van der Waals surface area contributed by atoms with Crippen LogP contribution in [0.5, 0.6) is 5.75 Å². The number of aromatic hydroxyl groups is 1. The van der Waals surface area contributed by atoms with E-state index in [2.05, 4.69) is 14.9 Å². The maximum Gasteiger partial charge on any atom is 0.336 e. The second-order valence-corrected chi connectivity index (χ2v) is 9.71. The number of fused-ring (bicyclic) bond motifs is 2. The first kappa shape index (κ1) is 25.9. The molecular weight excluding hydrogens is 518 g/mol. The number of hydrogen-bond donors (Lipinski definition) is 2. The van der Waals surface area contributed by atoms with Crippen LogP contribution in [0.25, 0.3) is 33.4 Å². The second-order valence-electron chi connectivity index (χ2n) is 9.71. The van der Waals surface area contributed by atoms with Gasteiger partial charge in [-0.3, -0.25) is 19.7 Å². The zero-order valence-corrected chi connectivity index (χ0v) is 21.9. The Bertz CT molecular complexity index is 1850. The zero-order chi connectivity index (χ0) is 28.3. The largest absolute Gasteiger partial charge is 0.507 e. The van der Waals surface area contributed by atoms with Crippen LogP contribution < -0.4 is 5.43 Å². The van der Waals surface area contributed by atoms with Gasteiger partial charge in [0.25, 0.3) is 0 Å². The summed E-state index contributed by atoms with van der Waals surface area (Å²) in [5.74, 6) is -0.754. The van der Waals surface area contributed by atoms with Crippen LogP contribution in [0.1, 0.15) is 27.3 Å². The van der Waals surface area contributed by atoms with Crippen molar-refractivity contribution in [1.82, 2.24) is 14.9 Å². The summed E-state index contributed by atoms with van der Waals surface area (Å²) in [5.41, 5.74) is 4.13. The maximum atomic E-state index is 12.4. The van der Waals surface area contributed by atoms with Crippen molar-refractivity contribution in [2.24, 2.45) is 0 Å². The van der Waals surface area contributed by atoms with E-state index in [1.165, 1.54) is 12.1 Å². The van der Waals surface area contributed by atoms with Gasteiger partial charge in [0.2, 0.25) is 0 Å². The predicted octanol–water partition coefficient (Wildman–Crippen LogP) is 5.96. The van der Waals surface area contributed by atoms with Gasteiger partial charge in [-0.15, -0.1) is 0 Å². The summed E-state index contributed by atoms with van der Waals surface area (Å²) in [6.45, 7) is 1.21. The van der Waals surface area contributed by atoms with Crippen LogP contribution in [0.3, 0.4) is 0 Å². The average Bonchev–Trinajstić information content (AvgIpc) is 2.98. The fourth-order valence-corrected chi connectivity index (χ4v) is 5.14. The molecule has 1 aliphatic heterocycles. The van der Waals surface area contributed by atoms with Crippen molar-refractivity contribution < 1.29 is 19.4 Å². The lowest BCUT2D eigenvalue weighted by Gasteiger charge is -2.24. The first-order valence-corrected chi connectivity index (χ1v) is 13.0. The highest BCUT2D eigenvalue weighted by Gasteiger charge is 2.24. The molecule has 6 rings (SSSR count). The van der Waals surface area contributed by atoms with Crippen LogP contribution in [0.4, 0.5) is 0 Å². The third-order valence-corrected chi connectivity index (χ3v) is 6.97. The number of carboxylic acids is 1. The molecule has 0 saturated heterocycles. The number of aromatic carboxylic acids is 1. The quantitative estimate of drug-likeness (QED) is 0.226. The molecule has 0 saturated carbocycles. The lowest BCUT2D eigenvalue weighted by atomic mass is 9.90. The number of rotatable bonds is 8. The number of phenols is 1. The van der Waals surface area contributed by atoms with E-state index in [4.69, 9.17) is 4.42 Å². The molecule has 2 aromatic carbocycles. The van der Waals surface area contributed by atoms with Gasteiger partial charge >= 0.3 is 5.97 Å². The molecule has 202 valence electrons. The summed E-state index contributed by atoms with van der Waals surface area (Å²) in [6.07, 6.45) is 3.47. The highest BCUT2D eigenvalue weighted by Crippen LogP contribution is 2.43. The highest BCUT2D eigenvalue weighted by atomic mass is 16.4. The van der Waals surface area contributed by atoms with Gasteiger partial charge in [-0.05, 0) is 60.2 Å². The molecule has 4 aromatic rings. The first-order valence-electron chi connectivity index (χ1n) is 13.0. The normalized spacial score (nSPS) is 11.3. The van der Waals surface area contributed by atoms with E-state index in [1.807, 2.05) is 36.4 Å². The second kappa shape index (κ2) is 11.0. The number of hydrogen-bond acceptors (Lipinski definition) is 7. The molecular formula is C33H25N3O5. The van der Waals surface area contributed by atoms with Crippen molar-refractivity contribution in [3.63, 3.8) is 0 Å². The van der Waals surface area contributed by atoms with E-state index in [0.717, 1.165) is 11.4 Å². The molecule has 0 atom stereocenters. The van der Waals surface area contributed by atoms with Crippen LogP contribution in [0.15, 0.2) is 113 Å². The minimum absolute atomic E-state index is 0.0170. The van der Waals surface area contributed by atoms with Crippen molar-refractivity contribution in [2.75, 3.05) is 0 Å². The zero-order valence-electron chi connectivity index (χ0n) is 21.9. The average molecular weight is 544 g/mol. The third kappa shape index (κ3) is 5.28. The van der Waals surface area contributed by atoms with Crippen molar-refractivity contribution in [2.45, 2.75) is 19.6 Å². The maximum absolute atomic E-state index is 12.4. The Labute approximate surface area is 235 Å². The predicted molar refractivity (Wildman–Crippen MR) is 155 cm³/mol. The first-order chi connectivity index (χ1) is 20.0. The van der Waals surface area contributed by atoms with Gasteiger partial charge in [-0.2, -0.15) is 0 Å². The molecule has 0 spiro atoms. The number of carboxylic acid groups (broad SMARTS) is 1. The molecule has 2 N–H and O–H groups in total. The van der Waals surface area contributed by atoms with Crippen molar-refractivity contribution in [1.29, 1.82) is 0 Å². The number of nitrogens with zero attached hydrogens (tertiary/aromatic N) is 3. The molecule has 0 amide bonds. The molecule has 0 radical (unpaired) electrons. The Hall–Kier alpha value is -5.34. The van der Waals surface area contributed by atoms with Crippen molar-refractivity contribution in [3.05, 3.63) is 136 Å². The topological polar surface area (TPSA) is 117 Å². The molecule has 41 heavy (non-hydrogen) atoms. The number of aromatic nitrogens is 2. The lowest BCUT2D eigenvalue weighted by Crippen LogP contribution is -2.23. The van der Waals surface area contributed by atoms with E-state index < -0.39 is 5.97 Å². The summed E-state index contributed by atoms with van der Waals surface area (Å²) < 4.78 is 6.34. The SMILES string of the molecule is O=C(O)c1ccccc1-c1c2ccc(=O)cc-2oc2c(CN(Cc3ccccn3)Cc3ccccn3)c(O)ccc12. The van der Waals surface area contributed by atoms with Gasteiger partial charge in [-0.1, -0.05) is 30.3 Å². The molecule has 8 nitrogen and oxygen atoms in total. The Balaban J connectivity index is 1.56. The highest BCUT2D eigenvalue weighted by molar-refractivity contribution is 6.08. The van der Waals surface area contributed by atoms with Gasteiger partial charge in [0, 0.05) is 54.6 Å². The Kier molecular flexibility index (Phi) is 6.97. The summed E-state index contributed by atoms with van der Waals surface area (Å²) in [4.78, 5) is 35.6.